The standard InChI is InChI=1S/C21H22ClN5O2/c1-13-7-3-4-9-15(13)12-27-17-18(26(2)21(29)25-19(17)28)24-20(27)23-11-14-8-5-6-10-16(14)22/h3-10,17-18H,11-12H2,1-2H3,(H,23,24)(H,25,28,29). The van der Waals surface area contributed by atoms with E-state index in [1.807, 2.05) is 60.4 Å². The number of guanidine groups is 1. The van der Waals surface area contributed by atoms with E-state index < -0.39 is 18.2 Å². The van der Waals surface area contributed by atoms with Crippen molar-refractivity contribution in [2.75, 3.05) is 7.05 Å². The Labute approximate surface area is 174 Å². The van der Waals surface area contributed by atoms with Crippen LogP contribution in [0.1, 0.15) is 16.7 Å². The first-order valence-corrected chi connectivity index (χ1v) is 9.76. The molecule has 0 saturated carbocycles. The molecule has 0 aliphatic carbocycles. The summed E-state index contributed by atoms with van der Waals surface area (Å²) in [6.07, 6.45) is -0.481. The fraction of sp³-hybridized carbons (Fsp3) is 0.286. The van der Waals surface area contributed by atoms with E-state index in [1.54, 1.807) is 7.05 Å². The lowest BCUT2D eigenvalue weighted by Crippen LogP contribution is -2.64. The van der Waals surface area contributed by atoms with Crippen LogP contribution in [0.15, 0.2) is 53.5 Å². The van der Waals surface area contributed by atoms with E-state index in [1.165, 1.54) is 4.90 Å². The number of fused-ring (bicyclic) bond motifs is 1. The van der Waals surface area contributed by atoms with Crippen LogP contribution >= 0.6 is 11.6 Å². The predicted octanol–water partition coefficient (Wildman–Crippen LogP) is 2.49. The van der Waals surface area contributed by atoms with E-state index in [-0.39, 0.29) is 5.91 Å². The molecule has 2 atom stereocenters. The Morgan fingerprint density at radius 1 is 1.07 bits per heavy atom. The van der Waals surface area contributed by atoms with E-state index in [4.69, 9.17) is 16.6 Å². The Morgan fingerprint density at radius 2 is 1.76 bits per heavy atom. The topological polar surface area (TPSA) is 77.0 Å². The molecule has 2 heterocycles. The average Bonchev–Trinajstić information content (AvgIpc) is 3.06. The van der Waals surface area contributed by atoms with Gasteiger partial charge < -0.3 is 15.1 Å². The number of rotatable bonds is 4. The van der Waals surface area contributed by atoms with Gasteiger partial charge in [0, 0.05) is 18.6 Å². The monoisotopic (exact) mass is 411 g/mol. The van der Waals surface area contributed by atoms with Crippen LogP contribution in [0.5, 0.6) is 0 Å². The zero-order chi connectivity index (χ0) is 20.5. The third kappa shape index (κ3) is 3.65. The lowest BCUT2D eigenvalue weighted by atomic mass is 10.1. The van der Waals surface area contributed by atoms with Gasteiger partial charge in [0.25, 0.3) is 5.91 Å². The van der Waals surface area contributed by atoms with Gasteiger partial charge in [-0.15, -0.1) is 0 Å². The maximum absolute atomic E-state index is 12.7. The number of halogens is 1. The highest BCUT2D eigenvalue weighted by atomic mass is 35.5. The largest absolute Gasteiger partial charge is 0.333 e. The van der Waals surface area contributed by atoms with Crippen LogP contribution < -0.4 is 10.6 Å². The molecule has 0 bridgehead atoms. The van der Waals surface area contributed by atoms with Gasteiger partial charge in [-0.3, -0.25) is 10.1 Å². The number of amides is 3. The number of likely N-dealkylation sites (N-methyl/N-ethyl adjacent to an activating group) is 1. The van der Waals surface area contributed by atoms with Gasteiger partial charge in [-0.25, -0.2) is 9.79 Å². The minimum absolute atomic E-state index is 0.331. The first-order chi connectivity index (χ1) is 14.0. The summed E-state index contributed by atoms with van der Waals surface area (Å²) in [6, 6.07) is 14.6. The molecule has 2 aromatic rings. The third-order valence-corrected chi connectivity index (χ3v) is 5.75. The van der Waals surface area contributed by atoms with Crippen LogP contribution in [0.3, 0.4) is 0 Å². The molecule has 3 amide bonds. The van der Waals surface area contributed by atoms with Gasteiger partial charge >= 0.3 is 6.03 Å². The summed E-state index contributed by atoms with van der Waals surface area (Å²) < 4.78 is 0. The molecule has 29 heavy (non-hydrogen) atoms. The van der Waals surface area contributed by atoms with Crippen LogP contribution in [-0.2, 0) is 17.9 Å². The Hall–Kier alpha value is -3.06. The van der Waals surface area contributed by atoms with E-state index in [2.05, 4.69) is 10.6 Å². The predicted molar refractivity (Wildman–Crippen MR) is 111 cm³/mol. The highest BCUT2D eigenvalue weighted by Gasteiger charge is 2.49. The summed E-state index contributed by atoms with van der Waals surface area (Å²) in [5.74, 6) is 0.238. The third-order valence-electron chi connectivity index (χ3n) is 5.38. The zero-order valence-corrected chi connectivity index (χ0v) is 17.0. The quantitative estimate of drug-likeness (QED) is 0.810. The van der Waals surface area contributed by atoms with Crippen LogP contribution in [0.2, 0.25) is 5.02 Å². The van der Waals surface area contributed by atoms with E-state index in [0.717, 1.165) is 16.7 Å². The first kappa shape index (κ1) is 19.3. The molecule has 2 fully saturated rings. The van der Waals surface area contributed by atoms with Gasteiger partial charge in [0.1, 0.15) is 6.17 Å². The van der Waals surface area contributed by atoms with Crippen LogP contribution in [0.4, 0.5) is 4.79 Å². The number of carbonyl (C=O) groups is 2. The SMILES string of the molecule is Cc1ccccc1CN1C(=NCc2ccccc2Cl)NC2C1C(=O)NC(=O)N2C. The van der Waals surface area contributed by atoms with E-state index >= 15 is 0 Å². The van der Waals surface area contributed by atoms with Gasteiger partial charge in [0.15, 0.2) is 12.0 Å². The molecule has 0 aromatic heterocycles. The number of imide groups is 1. The summed E-state index contributed by atoms with van der Waals surface area (Å²) in [4.78, 5) is 32.9. The van der Waals surface area contributed by atoms with Crippen molar-refractivity contribution in [2.24, 2.45) is 4.99 Å². The molecular weight excluding hydrogens is 390 g/mol. The molecule has 4 rings (SSSR count). The molecule has 2 saturated heterocycles. The number of aryl methyl sites for hydroxylation is 1. The fourth-order valence-electron chi connectivity index (χ4n) is 3.65. The highest BCUT2D eigenvalue weighted by Crippen LogP contribution is 2.24. The van der Waals surface area contributed by atoms with Crippen molar-refractivity contribution in [3.8, 4) is 0 Å². The minimum Gasteiger partial charge on any atom is -0.333 e. The number of nitrogens with one attached hydrogen (secondary N) is 2. The summed E-state index contributed by atoms with van der Waals surface area (Å²) in [7, 11) is 1.66. The lowest BCUT2D eigenvalue weighted by Gasteiger charge is -2.35. The average molecular weight is 412 g/mol. The number of nitrogens with zero attached hydrogens (tertiary/aromatic N) is 3. The van der Waals surface area contributed by atoms with Crippen molar-refractivity contribution < 1.29 is 9.59 Å². The second-order valence-corrected chi connectivity index (χ2v) is 7.63. The molecule has 2 aliphatic rings. The second kappa shape index (κ2) is 7.75. The maximum Gasteiger partial charge on any atom is 0.325 e. The second-order valence-electron chi connectivity index (χ2n) is 7.22. The van der Waals surface area contributed by atoms with Crippen LogP contribution in [-0.4, -0.2) is 47.0 Å². The Morgan fingerprint density at radius 3 is 2.48 bits per heavy atom. The van der Waals surface area contributed by atoms with Crippen molar-refractivity contribution in [1.29, 1.82) is 0 Å². The van der Waals surface area contributed by atoms with Crippen molar-refractivity contribution in [2.45, 2.75) is 32.2 Å². The minimum atomic E-state index is -0.567. The number of carbonyl (C=O) groups excluding carboxylic acids is 2. The van der Waals surface area contributed by atoms with Crippen molar-refractivity contribution in [1.82, 2.24) is 20.4 Å². The first-order valence-electron chi connectivity index (χ1n) is 9.39. The van der Waals surface area contributed by atoms with Gasteiger partial charge in [-0.1, -0.05) is 54.1 Å². The van der Waals surface area contributed by atoms with Gasteiger partial charge in [0.05, 0.1) is 6.54 Å². The Bertz CT molecular complexity index is 993. The smallest absolute Gasteiger partial charge is 0.325 e. The van der Waals surface area contributed by atoms with Crippen molar-refractivity contribution >= 4 is 29.5 Å². The van der Waals surface area contributed by atoms with Crippen LogP contribution in [0, 0.1) is 6.92 Å². The molecule has 0 radical (unpaired) electrons. The molecule has 2 aliphatic heterocycles. The summed E-state index contributed by atoms with van der Waals surface area (Å²) in [5.41, 5.74) is 3.11. The fourth-order valence-corrected chi connectivity index (χ4v) is 3.85. The molecule has 2 aromatic carbocycles. The lowest BCUT2D eigenvalue weighted by molar-refractivity contribution is -0.127. The molecule has 8 heteroatoms. The van der Waals surface area contributed by atoms with E-state index in [0.29, 0.717) is 24.1 Å². The number of hydrogen-bond donors (Lipinski definition) is 2. The molecule has 2 N–H and O–H groups in total. The summed E-state index contributed by atoms with van der Waals surface area (Å²) in [6.45, 7) is 2.90. The zero-order valence-electron chi connectivity index (χ0n) is 16.2. The maximum atomic E-state index is 12.7. The normalized spacial score (nSPS) is 22.5. The Kier molecular flexibility index (Phi) is 5.15. The molecule has 2 unspecified atom stereocenters. The summed E-state index contributed by atoms with van der Waals surface area (Å²) in [5, 5.41) is 6.33. The van der Waals surface area contributed by atoms with Gasteiger partial charge in [-0.2, -0.15) is 0 Å². The van der Waals surface area contributed by atoms with Gasteiger partial charge in [-0.05, 0) is 29.7 Å². The number of aliphatic imine (C=N–C) groups is 1. The van der Waals surface area contributed by atoms with Gasteiger partial charge in [0.2, 0.25) is 0 Å². The van der Waals surface area contributed by atoms with Crippen molar-refractivity contribution in [3.05, 3.63) is 70.2 Å². The summed E-state index contributed by atoms with van der Waals surface area (Å²) >= 11 is 6.26. The van der Waals surface area contributed by atoms with E-state index in [9.17, 15) is 9.59 Å². The number of urea groups is 1. The number of benzene rings is 2. The Balaban J connectivity index is 1.68. The molecule has 7 nitrogen and oxygen atoms in total. The molecule has 0 spiro atoms. The van der Waals surface area contributed by atoms with Crippen LogP contribution in [0.25, 0.3) is 0 Å². The molecular formula is C21H22ClN5O2. The number of hydrogen-bond acceptors (Lipinski definition) is 3. The highest BCUT2D eigenvalue weighted by molar-refractivity contribution is 6.31. The van der Waals surface area contributed by atoms with Crippen molar-refractivity contribution in [3.63, 3.8) is 0 Å². The molecule has 150 valence electrons.